The molecule has 26 heavy (non-hydrogen) atoms. The lowest BCUT2D eigenvalue weighted by Gasteiger charge is -2.12. The highest BCUT2D eigenvalue weighted by Gasteiger charge is 2.14. The first-order valence-electron chi connectivity index (χ1n) is 7.75. The molecule has 0 aliphatic carbocycles. The van der Waals surface area contributed by atoms with Crippen LogP contribution >= 0.6 is 31.9 Å². The van der Waals surface area contributed by atoms with E-state index < -0.39 is 5.97 Å². The second kappa shape index (κ2) is 8.01. The highest BCUT2D eigenvalue weighted by molar-refractivity contribution is 9.11. The van der Waals surface area contributed by atoms with Crippen LogP contribution in [0.3, 0.4) is 0 Å². The first kappa shape index (κ1) is 18.6. The van der Waals surface area contributed by atoms with E-state index in [1.165, 1.54) is 0 Å². The quantitative estimate of drug-likeness (QED) is 0.278. The molecule has 0 amide bonds. The summed E-state index contributed by atoms with van der Waals surface area (Å²) in [5.74, 6) is 0.204. The molecule has 0 N–H and O–H groups in total. The van der Waals surface area contributed by atoms with E-state index in [0.717, 1.165) is 25.3 Å². The van der Waals surface area contributed by atoms with E-state index in [9.17, 15) is 9.59 Å². The lowest BCUT2D eigenvalue weighted by Crippen LogP contribution is -2.19. The van der Waals surface area contributed by atoms with Gasteiger partial charge in [-0.05, 0) is 57.4 Å². The summed E-state index contributed by atoms with van der Waals surface area (Å²) in [6.45, 7) is 1.61. The fraction of sp³-hybridized carbons (Fsp3) is 0.100. The molecule has 3 aromatic rings. The van der Waals surface area contributed by atoms with Gasteiger partial charge in [-0.1, -0.05) is 46.3 Å². The summed E-state index contributed by atoms with van der Waals surface area (Å²) in [5.41, 5.74) is 1.22. The first-order chi connectivity index (χ1) is 12.5. The first-order valence-corrected chi connectivity index (χ1v) is 9.34. The maximum Gasteiger partial charge on any atom is 0.349 e. The third kappa shape index (κ3) is 3.97. The summed E-state index contributed by atoms with van der Waals surface area (Å²) in [7, 11) is 0. The zero-order valence-corrected chi connectivity index (χ0v) is 17.0. The molecule has 0 saturated heterocycles. The Morgan fingerprint density at radius 1 is 1.12 bits per heavy atom. The van der Waals surface area contributed by atoms with Gasteiger partial charge in [0, 0.05) is 4.47 Å². The fourth-order valence-electron chi connectivity index (χ4n) is 2.64. The third-order valence-corrected chi connectivity index (χ3v) is 4.85. The standard InChI is InChI=1S/C20H14Br2O4/c1-12-8-14(21)9-17(22)20(12)25-11-19(24)26-18-7-6-13-4-2-3-5-15(13)16(18)10-23/h2-10H,11H2,1H3. The Kier molecular flexibility index (Phi) is 5.74. The zero-order valence-electron chi connectivity index (χ0n) is 13.8. The summed E-state index contributed by atoms with van der Waals surface area (Å²) >= 11 is 6.81. The minimum Gasteiger partial charge on any atom is -0.480 e. The van der Waals surface area contributed by atoms with E-state index in [1.54, 1.807) is 12.1 Å². The lowest BCUT2D eigenvalue weighted by molar-refractivity contribution is -0.136. The number of carbonyl (C=O) groups excluding carboxylic acids is 2. The van der Waals surface area contributed by atoms with E-state index in [4.69, 9.17) is 9.47 Å². The number of hydrogen-bond acceptors (Lipinski definition) is 4. The van der Waals surface area contributed by atoms with Crippen LogP contribution in [-0.2, 0) is 4.79 Å². The molecule has 0 aromatic heterocycles. The van der Waals surface area contributed by atoms with Gasteiger partial charge in [-0.2, -0.15) is 0 Å². The number of hydrogen-bond donors (Lipinski definition) is 0. The number of rotatable bonds is 5. The van der Waals surface area contributed by atoms with Gasteiger partial charge in [0.1, 0.15) is 11.5 Å². The Hall–Kier alpha value is -2.18. The molecule has 0 heterocycles. The number of benzene rings is 3. The number of halogens is 2. The van der Waals surface area contributed by atoms with Crippen molar-refractivity contribution < 1.29 is 19.1 Å². The van der Waals surface area contributed by atoms with Gasteiger partial charge >= 0.3 is 5.97 Å². The van der Waals surface area contributed by atoms with Gasteiger partial charge in [0.25, 0.3) is 0 Å². The van der Waals surface area contributed by atoms with Gasteiger partial charge < -0.3 is 9.47 Å². The number of aryl methyl sites for hydroxylation is 1. The molecular formula is C20H14Br2O4. The number of carbonyl (C=O) groups is 2. The van der Waals surface area contributed by atoms with E-state index >= 15 is 0 Å². The Morgan fingerprint density at radius 2 is 1.88 bits per heavy atom. The van der Waals surface area contributed by atoms with Crippen molar-refractivity contribution in [1.29, 1.82) is 0 Å². The van der Waals surface area contributed by atoms with Crippen molar-refractivity contribution in [3.63, 3.8) is 0 Å². The Balaban J connectivity index is 1.77. The molecule has 0 bridgehead atoms. The average Bonchev–Trinajstić information content (AvgIpc) is 2.60. The van der Waals surface area contributed by atoms with Crippen LogP contribution in [0.25, 0.3) is 10.8 Å². The predicted octanol–water partition coefficient (Wildman–Crippen LogP) is 5.47. The maximum atomic E-state index is 12.2. The minimum atomic E-state index is -0.586. The van der Waals surface area contributed by atoms with Crippen molar-refractivity contribution in [3.05, 3.63) is 68.6 Å². The van der Waals surface area contributed by atoms with Crippen molar-refractivity contribution >= 4 is 54.9 Å². The van der Waals surface area contributed by atoms with Gasteiger partial charge in [0.15, 0.2) is 12.9 Å². The van der Waals surface area contributed by atoms with Crippen molar-refractivity contribution in [2.45, 2.75) is 6.92 Å². The van der Waals surface area contributed by atoms with Gasteiger partial charge in [-0.15, -0.1) is 0 Å². The average molecular weight is 478 g/mol. The highest BCUT2D eigenvalue weighted by atomic mass is 79.9. The molecule has 3 rings (SSSR count). The summed E-state index contributed by atoms with van der Waals surface area (Å²) in [5, 5.41) is 1.64. The molecule has 0 unspecified atom stereocenters. The van der Waals surface area contributed by atoms with Crippen molar-refractivity contribution in [2.24, 2.45) is 0 Å². The second-order valence-corrected chi connectivity index (χ2v) is 7.38. The van der Waals surface area contributed by atoms with Crippen LogP contribution in [0, 0.1) is 6.92 Å². The van der Waals surface area contributed by atoms with Crippen molar-refractivity contribution in [1.82, 2.24) is 0 Å². The lowest BCUT2D eigenvalue weighted by atomic mass is 10.0. The van der Waals surface area contributed by atoms with Crippen molar-refractivity contribution in [3.8, 4) is 11.5 Å². The SMILES string of the molecule is Cc1cc(Br)cc(Br)c1OCC(=O)Oc1ccc2ccccc2c1C=O. The van der Waals surface area contributed by atoms with E-state index in [1.807, 2.05) is 43.3 Å². The van der Waals surface area contributed by atoms with E-state index in [0.29, 0.717) is 17.6 Å². The fourth-order valence-corrected chi connectivity index (χ4v) is 4.19. The molecule has 0 aliphatic rings. The molecule has 0 saturated carbocycles. The molecule has 3 aromatic carbocycles. The Labute approximate surface area is 167 Å². The molecule has 0 fully saturated rings. The second-order valence-electron chi connectivity index (χ2n) is 5.61. The predicted molar refractivity (Wildman–Crippen MR) is 107 cm³/mol. The number of fused-ring (bicyclic) bond motifs is 1. The topological polar surface area (TPSA) is 52.6 Å². The van der Waals surface area contributed by atoms with Crippen LogP contribution in [0.5, 0.6) is 11.5 Å². The highest BCUT2D eigenvalue weighted by Crippen LogP contribution is 2.32. The molecule has 0 atom stereocenters. The van der Waals surface area contributed by atoms with Crippen LogP contribution < -0.4 is 9.47 Å². The Bertz CT molecular complexity index is 975. The van der Waals surface area contributed by atoms with E-state index in [-0.39, 0.29) is 12.4 Å². The van der Waals surface area contributed by atoms with Crippen LogP contribution in [0.15, 0.2) is 57.5 Å². The molecule has 0 radical (unpaired) electrons. The molecule has 0 aliphatic heterocycles. The van der Waals surface area contributed by atoms with Crippen molar-refractivity contribution in [2.75, 3.05) is 6.61 Å². The summed E-state index contributed by atoms with van der Waals surface area (Å²) in [4.78, 5) is 23.7. The summed E-state index contributed by atoms with van der Waals surface area (Å²) in [6.07, 6.45) is 0.696. The number of aldehydes is 1. The molecular weight excluding hydrogens is 464 g/mol. The Morgan fingerprint density at radius 3 is 2.62 bits per heavy atom. The monoisotopic (exact) mass is 476 g/mol. The summed E-state index contributed by atoms with van der Waals surface area (Å²) < 4.78 is 12.6. The van der Waals surface area contributed by atoms with Crippen LogP contribution in [0.1, 0.15) is 15.9 Å². The van der Waals surface area contributed by atoms with Gasteiger partial charge in [0.05, 0.1) is 10.0 Å². The normalized spacial score (nSPS) is 10.6. The van der Waals surface area contributed by atoms with Gasteiger partial charge in [0.2, 0.25) is 0 Å². The zero-order chi connectivity index (χ0) is 18.7. The molecule has 4 nitrogen and oxygen atoms in total. The van der Waals surface area contributed by atoms with Crippen LogP contribution in [0.4, 0.5) is 0 Å². The van der Waals surface area contributed by atoms with Crippen LogP contribution in [0.2, 0.25) is 0 Å². The molecule has 132 valence electrons. The van der Waals surface area contributed by atoms with Gasteiger partial charge in [-0.3, -0.25) is 4.79 Å². The summed E-state index contributed by atoms with van der Waals surface area (Å²) in [6, 6.07) is 14.6. The molecule has 0 spiro atoms. The largest absolute Gasteiger partial charge is 0.480 e. The third-order valence-electron chi connectivity index (χ3n) is 3.80. The number of esters is 1. The maximum absolute atomic E-state index is 12.2. The molecule has 6 heteroatoms. The van der Waals surface area contributed by atoms with E-state index in [2.05, 4.69) is 31.9 Å². The van der Waals surface area contributed by atoms with Crippen LogP contribution in [-0.4, -0.2) is 18.9 Å². The smallest absolute Gasteiger partial charge is 0.349 e. The minimum absolute atomic E-state index is 0.221. The van der Waals surface area contributed by atoms with Gasteiger partial charge in [-0.25, -0.2) is 4.79 Å². The number of ether oxygens (including phenoxy) is 2.